The predicted octanol–water partition coefficient (Wildman–Crippen LogP) is 1.58. The second kappa shape index (κ2) is 10.3. The van der Waals surface area contributed by atoms with Crippen LogP contribution in [-0.2, 0) is 16.1 Å². The number of nitrogens with one attached hydrogen (secondary N) is 2. The summed E-state index contributed by atoms with van der Waals surface area (Å²) in [6.45, 7) is 5.94. The summed E-state index contributed by atoms with van der Waals surface area (Å²) in [7, 11) is 5.26. The van der Waals surface area contributed by atoms with Gasteiger partial charge in [-0.05, 0) is 49.4 Å². The average Bonchev–Trinajstić information content (AvgIpc) is 2.79. The molecule has 1 amide bonds. The van der Waals surface area contributed by atoms with Crippen LogP contribution in [-0.4, -0.2) is 59.5 Å². The lowest BCUT2D eigenvalue weighted by atomic mass is 10.1. The zero-order valence-corrected chi connectivity index (χ0v) is 18.2. The van der Waals surface area contributed by atoms with Crippen molar-refractivity contribution in [1.82, 2.24) is 0 Å². The lowest BCUT2D eigenvalue weighted by Crippen LogP contribution is -3.12. The van der Waals surface area contributed by atoms with Gasteiger partial charge in [-0.15, -0.1) is 0 Å². The highest BCUT2D eigenvalue weighted by molar-refractivity contribution is 5.93. The van der Waals surface area contributed by atoms with Gasteiger partial charge < -0.3 is 29.3 Å². The summed E-state index contributed by atoms with van der Waals surface area (Å²) in [4.78, 5) is 16.1. The Hall–Kier alpha value is -2.77. The van der Waals surface area contributed by atoms with Gasteiger partial charge in [0.15, 0.2) is 17.5 Å². The molecule has 1 heterocycles. The monoisotopic (exact) mass is 414 g/mol. The SMILES string of the molecule is COc1ccc(C[NH+](C)[C@@H](C)C(=O)Nc2ccc(N3CCOCC3)cc2)cc1OC. The van der Waals surface area contributed by atoms with Crippen molar-refractivity contribution in [2.45, 2.75) is 19.5 Å². The Bertz CT molecular complexity index is 835. The van der Waals surface area contributed by atoms with Gasteiger partial charge in [-0.2, -0.15) is 0 Å². The number of amides is 1. The van der Waals surface area contributed by atoms with E-state index in [1.807, 2.05) is 56.4 Å². The van der Waals surface area contributed by atoms with Gasteiger partial charge >= 0.3 is 0 Å². The molecule has 0 saturated carbocycles. The molecule has 0 spiro atoms. The third-order valence-electron chi connectivity index (χ3n) is 5.57. The number of ether oxygens (including phenoxy) is 3. The number of carbonyl (C=O) groups is 1. The first-order chi connectivity index (χ1) is 14.5. The zero-order valence-electron chi connectivity index (χ0n) is 18.2. The molecule has 30 heavy (non-hydrogen) atoms. The van der Waals surface area contributed by atoms with E-state index in [2.05, 4.69) is 10.2 Å². The van der Waals surface area contributed by atoms with Crippen LogP contribution in [0.5, 0.6) is 11.5 Å². The van der Waals surface area contributed by atoms with Gasteiger partial charge in [-0.1, -0.05) is 0 Å². The van der Waals surface area contributed by atoms with Gasteiger partial charge in [0.2, 0.25) is 0 Å². The molecular weight excluding hydrogens is 382 g/mol. The van der Waals surface area contributed by atoms with Crippen LogP contribution < -0.4 is 24.6 Å². The number of carbonyl (C=O) groups excluding carboxylic acids is 1. The summed E-state index contributed by atoms with van der Waals surface area (Å²) in [5.74, 6) is 1.39. The number of benzene rings is 2. The van der Waals surface area contributed by atoms with Gasteiger partial charge in [-0.3, -0.25) is 4.79 Å². The predicted molar refractivity (Wildman–Crippen MR) is 118 cm³/mol. The number of quaternary nitrogens is 1. The third kappa shape index (κ3) is 5.43. The van der Waals surface area contributed by atoms with Crippen LogP contribution in [0.1, 0.15) is 12.5 Å². The zero-order chi connectivity index (χ0) is 21.5. The molecule has 7 heteroatoms. The summed E-state index contributed by atoms with van der Waals surface area (Å²) < 4.78 is 16.1. The number of methoxy groups -OCH3 is 2. The molecule has 1 aliphatic heterocycles. The smallest absolute Gasteiger partial charge is 0.282 e. The Balaban J connectivity index is 1.57. The van der Waals surface area contributed by atoms with Gasteiger partial charge in [0.1, 0.15) is 6.54 Å². The quantitative estimate of drug-likeness (QED) is 0.687. The van der Waals surface area contributed by atoms with Crippen molar-refractivity contribution in [2.75, 3.05) is 57.8 Å². The van der Waals surface area contributed by atoms with Crippen molar-refractivity contribution in [3.8, 4) is 11.5 Å². The summed E-state index contributed by atoms with van der Waals surface area (Å²) in [5, 5.41) is 3.03. The molecule has 1 saturated heterocycles. The lowest BCUT2D eigenvalue weighted by molar-refractivity contribution is -0.907. The second-order valence-corrected chi connectivity index (χ2v) is 7.57. The molecule has 2 aromatic carbocycles. The van der Waals surface area contributed by atoms with Gasteiger partial charge in [0.25, 0.3) is 5.91 Å². The minimum absolute atomic E-state index is 0.00732. The van der Waals surface area contributed by atoms with E-state index < -0.39 is 0 Å². The molecule has 1 aliphatic rings. The van der Waals surface area contributed by atoms with E-state index in [0.717, 1.165) is 48.1 Å². The van der Waals surface area contributed by atoms with E-state index in [9.17, 15) is 4.79 Å². The average molecular weight is 415 g/mol. The highest BCUT2D eigenvalue weighted by Gasteiger charge is 2.22. The number of hydrogen-bond donors (Lipinski definition) is 2. The number of hydrogen-bond acceptors (Lipinski definition) is 5. The van der Waals surface area contributed by atoms with E-state index in [1.165, 1.54) is 0 Å². The van der Waals surface area contributed by atoms with Crippen LogP contribution in [0.4, 0.5) is 11.4 Å². The van der Waals surface area contributed by atoms with Crippen LogP contribution in [0, 0.1) is 0 Å². The van der Waals surface area contributed by atoms with Crippen LogP contribution >= 0.6 is 0 Å². The molecule has 0 aromatic heterocycles. The Morgan fingerprint density at radius 3 is 2.40 bits per heavy atom. The Kier molecular flexibility index (Phi) is 7.54. The van der Waals surface area contributed by atoms with Crippen LogP contribution in [0.25, 0.3) is 0 Å². The van der Waals surface area contributed by atoms with Crippen LogP contribution in [0.15, 0.2) is 42.5 Å². The fourth-order valence-electron chi connectivity index (χ4n) is 3.52. The molecule has 1 unspecified atom stereocenters. The highest BCUT2D eigenvalue weighted by atomic mass is 16.5. The number of morpholine rings is 1. The van der Waals surface area contributed by atoms with Crippen molar-refractivity contribution in [3.63, 3.8) is 0 Å². The maximum atomic E-state index is 12.8. The topological polar surface area (TPSA) is 64.5 Å². The fraction of sp³-hybridized carbons (Fsp3) is 0.435. The molecule has 2 N–H and O–H groups in total. The summed E-state index contributed by atoms with van der Waals surface area (Å²) in [5.41, 5.74) is 3.04. The maximum Gasteiger partial charge on any atom is 0.282 e. The molecular formula is C23H32N3O4+. The van der Waals surface area contributed by atoms with E-state index >= 15 is 0 Å². The normalized spacial score (nSPS) is 15.9. The van der Waals surface area contributed by atoms with Crippen molar-refractivity contribution in [1.29, 1.82) is 0 Å². The standard InChI is InChI=1S/C23H31N3O4/c1-17(25(2)16-18-5-10-21(28-3)22(15-18)29-4)23(27)24-19-6-8-20(9-7-19)26-11-13-30-14-12-26/h5-10,15,17H,11-14,16H2,1-4H3,(H,24,27)/p+1/t17-/m0/s1. The first-order valence-electron chi connectivity index (χ1n) is 10.3. The summed E-state index contributed by atoms with van der Waals surface area (Å²) in [6, 6.07) is 13.6. The largest absolute Gasteiger partial charge is 0.493 e. The van der Waals surface area contributed by atoms with E-state index in [0.29, 0.717) is 18.0 Å². The first kappa shape index (κ1) is 21.9. The van der Waals surface area contributed by atoms with E-state index in [-0.39, 0.29) is 11.9 Å². The molecule has 162 valence electrons. The van der Waals surface area contributed by atoms with Gasteiger partial charge in [-0.25, -0.2) is 0 Å². The molecule has 0 radical (unpaired) electrons. The van der Waals surface area contributed by atoms with Crippen molar-refractivity contribution in [2.24, 2.45) is 0 Å². The van der Waals surface area contributed by atoms with Gasteiger partial charge in [0, 0.05) is 30.0 Å². The summed E-state index contributed by atoms with van der Waals surface area (Å²) >= 11 is 0. The number of nitrogens with zero attached hydrogens (tertiary/aromatic N) is 1. The van der Waals surface area contributed by atoms with Gasteiger partial charge in [0.05, 0.1) is 34.5 Å². The van der Waals surface area contributed by atoms with E-state index in [1.54, 1.807) is 14.2 Å². The lowest BCUT2D eigenvalue weighted by Gasteiger charge is -2.29. The summed E-state index contributed by atoms with van der Waals surface area (Å²) in [6.07, 6.45) is 0. The van der Waals surface area contributed by atoms with Crippen molar-refractivity contribution < 1.29 is 23.9 Å². The minimum Gasteiger partial charge on any atom is -0.493 e. The molecule has 3 rings (SSSR count). The molecule has 7 nitrogen and oxygen atoms in total. The third-order valence-corrected chi connectivity index (χ3v) is 5.57. The Morgan fingerprint density at radius 1 is 1.10 bits per heavy atom. The first-order valence-corrected chi connectivity index (χ1v) is 10.3. The number of likely N-dealkylation sites (N-methyl/N-ethyl adjacent to an activating group) is 1. The number of anilines is 2. The highest BCUT2D eigenvalue weighted by Crippen LogP contribution is 2.27. The van der Waals surface area contributed by atoms with Crippen LogP contribution in [0.2, 0.25) is 0 Å². The molecule has 2 aromatic rings. The minimum atomic E-state index is -0.211. The molecule has 0 bridgehead atoms. The Labute approximate surface area is 178 Å². The molecule has 0 aliphatic carbocycles. The number of rotatable bonds is 8. The fourth-order valence-corrected chi connectivity index (χ4v) is 3.52. The maximum absolute atomic E-state index is 12.8. The second-order valence-electron chi connectivity index (χ2n) is 7.57. The van der Waals surface area contributed by atoms with Crippen molar-refractivity contribution >= 4 is 17.3 Å². The van der Waals surface area contributed by atoms with Crippen molar-refractivity contribution in [3.05, 3.63) is 48.0 Å². The molecule has 1 fully saturated rings. The van der Waals surface area contributed by atoms with E-state index in [4.69, 9.17) is 14.2 Å². The Morgan fingerprint density at radius 2 is 1.77 bits per heavy atom. The molecule has 2 atom stereocenters. The van der Waals surface area contributed by atoms with Crippen LogP contribution in [0.3, 0.4) is 0 Å².